The van der Waals surface area contributed by atoms with Gasteiger partial charge >= 0.3 is 0 Å². The van der Waals surface area contributed by atoms with Crippen molar-refractivity contribution in [2.45, 2.75) is 51.2 Å². The molecule has 3 heteroatoms. The quantitative estimate of drug-likeness (QED) is 0.747. The smallest absolute Gasteiger partial charge is 0.0224 e. The van der Waals surface area contributed by atoms with Gasteiger partial charge in [-0.25, -0.2) is 0 Å². The van der Waals surface area contributed by atoms with E-state index in [1.165, 1.54) is 44.6 Å². The summed E-state index contributed by atoms with van der Waals surface area (Å²) in [5.74, 6) is 1.30. The molecule has 0 aromatic rings. The maximum absolute atomic E-state index is 2.75. The highest BCUT2D eigenvalue weighted by atomic mass is 32.2. The highest BCUT2D eigenvalue weighted by Gasteiger charge is 2.35. The van der Waals surface area contributed by atoms with Crippen molar-refractivity contribution in [3.8, 4) is 0 Å². The molecule has 0 spiro atoms. The molecular weight excluding hydrogens is 216 g/mol. The fourth-order valence-electron chi connectivity index (χ4n) is 3.28. The Morgan fingerprint density at radius 3 is 2.94 bits per heavy atom. The minimum Gasteiger partial charge on any atom is -0.298 e. The predicted molar refractivity (Wildman–Crippen MR) is 73.2 cm³/mol. The van der Waals surface area contributed by atoms with E-state index in [9.17, 15) is 0 Å². The number of fused-ring (bicyclic) bond motifs is 1. The molecule has 2 nitrogen and oxygen atoms in total. The Balaban J connectivity index is 1.88. The minimum absolute atomic E-state index is 0.756. The van der Waals surface area contributed by atoms with Gasteiger partial charge in [0.2, 0.25) is 0 Å². The van der Waals surface area contributed by atoms with Crippen LogP contribution in [0.2, 0.25) is 0 Å². The lowest BCUT2D eigenvalue weighted by molar-refractivity contribution is 0.0324. The van der Waals surface area contributed by atoms with Crippen molar-refractivity contribution in [3.63, 3.8) is 0 Å². The first-order chi connectivity index (χ1) is 7.72. The van der Waals surface area contributed by atoms with E-state index in [0.717, 1.165) is 18.1 Å². The summed E-state index contributed by atoms with van der Waals surface area (Å²) < 4.78 is 0. The molecule has 0 aromatic carbocycles. The molecule has 2 aliphatic heterocycles. The largest absolute Gasteiger partial charge is 0.298 e. The number of piperazine rings is 1. The Kier molecular flexibility index (Phi) is 4.57. The second kappa shape index (κ2) is 5.74. The minimum atomic E-state index is 0.756. The summed E-state index contributed by atoms with van der Waals surface area (Å²) in [4.78, 5) is 5.46. The third kappa shape index (κ3) is 2.74. The maximum Gasteiger partial charge on any atom is 0.0224 e. The fraction of sp³-hybridized carbons (Fsp3) is 1.00. The van der Waals surface area contributed by atoms with Crippen LogP contribution in [0.15, 0.2) is 0 Å². The van der Waals surface area contributed by atoms with E-state index in [1.807, 2.05) is 11.8 Å². The van der Waals surface area contributed by atoms with Crippen LogP contribution in [0.25, 0.3) is 0 Å². The van der Waals surface area contributed by atoms with Gasteiger partial charge in [-0.2, -0.15) is 11.8 Å². The van der Waals surface area contributed by atoms with E-state index in [1.54, 1.807) is 0 Å². The van der Waals surface area contributed by atoms with Crippen molar-refractivity contribution >= 4 is 11.8 Å². The van der Waals surface area contributed by atoms with Crippen LogP contribution in [0, 0.1) is 0 Å². The summed E-state index contributed by atoms with van der Waals surface area (Å²) in [6.45, 7) is 8.79. The summed E-state index contributed by atoms with van der Waals surface area (Å²) in [5.41, 5.74) is 0. The van der Waals surface area contributed by atoms with E-state index >= 15 is 0 Å². The van der Waals surface area contributed by atoms with E-state index in [-0.39, 0.29) is 0 Å². The van der Waals surface area contributed by atoms with E-state index < -0.39 is 0 Å². The summed E-state index contributed by atoms with van der Waals surface area (Å²) in [6.07, 6.45) is 6.41. The van der Waals surface area contributed by atoms with Gasteiger partial charge < -0.3 is 0 Å². The van der Waals surface area contributed by atoms with E-state index in [0.29, 0.717) is 0 Å². The summed E-state index contributed by atoms with van der Waals surface area (Å²) in [5, 5.41) is 0. The zero-order chi connectivity index (χ0) is 11.5. The molecule has 2 fully saturated rings. The van der Waals surface area contributed by atoms with Gasteiger partial charge in [-0.3, -0.25) is 9.80 Å². The zero-order valence-corrected chi connectivity index (χ0v) is 11.8. The number of nitrogens with zero attached hydrogens (tertiary/aromatic N) is 2. The standard InChI is InChI=1S/C13H26N2S/c1-11(6-8-16-3)15-10-13-5-4-7-14(13)9-12(15)2/h11-13H,4-10H2,1-3H3. The van der Waals surface area contributed by atoms with Crippen LogP contribution in [0.4, 0.5) is 0 Å². The highest BCUT2D eigenvalue weighted by Crippen LogP contribution is 2.26. The van der Waals surface area contributed by atoms with Crippen molar-refractivity contribution in [1.29, 1.82) is 0 Å². The van der Waals surface area contributed by atoms with Crippen LogP contribution in [-0.4, -0.2) is 59.6 Å². The summed E-state index contributed by atoms with van der Waals surface area (Å²) >= 11 is 1.98. The van der Waals surface area contributed by atoms with Gasteiger partial charge in [0.1, 0.15) is 0 Å². The Labute approximate surface area is 105 Å². The molecule has 0 aromatic heterocycles. The maximum atomic E-state index is 2.75. The average Bonchev–Trinajstić information content (AvgIpc) is 2.71. The first kappa shape index (κ1) is 12.7. The number of rotatable bonds is 4. The van der Waals surface area contributed by atoms with Gasteiger partial charge in [0.15, 0.2) is 0 Å². The number of hydrogen-bond acceptors (Lipinski definition) is 3. The van der Waals surface area contributed by atoms with Gasteiger partial charge in [0, 0.05) is 31.2 Å². The Bertz CT molecular complexity index is 222. The van der Waals surface area contributed by atoms with Crippen molar-refractivity contribution in [1.82, 2.24) is 9.80 Å². The van der Waals surface area contributed by atoms with Crippen LogP contribution < -0.4 is 0 Å². The Morgan fingerprint density at radius 1 is 1.38 bits per heavy atom. The van der Waals surface area contributed by atoms with Crippen LogP contribution in [0.5, 0.6) is 0 Å². The molecule has 0 amide bonds. The molecule has 0 aliphatic carbocycles. The third-order valence-electron chi connectivity index (χ3n) is 4.29. The van der Waals surface area contributed by atoms with E-state index in [2.05, 4.69) is 29.9 Å². The first-order valence-corrected chi connectivity index (χ1v) is 8.10. The number of thioether (sulfide) groups is 1. The molecule has 0 bridgehead atoms. The monoisotopic (exact) mass is 242 g/mol. The molecule has 94 valence electrons. The molecule has 0 saturated carbocycles. The van der Waals surface area contributed by atoms with Crippen molar-refractivity contribution in [3.05, 3.63) is 0 Å². The fourth-order valence-corrected chi connectivity index (χ4v) is 3.86. The molecule has 3 atom stereocenters. The van der Waals surface area contributed by atoms with Gasteiger partial charge in [0.25, 0.3) is 0 Å². The third-order valence-corrected chi connectivity index (χ3v) is 4.94. The molecule has 0 N–H and O–H groups in total. The SMILES string of the molecule is CSCCC(C)N1CC2CCCN2CC1C. The van der Waals surface area contributed by atoms with Crippen LogP contribution >= 0.6 is 11.8 Å². The predicted octanol–water partition coefficient (Wildman–Crippen LogP) is 2.30. The molecule has 3 unspecified atom stereocenters. The van der Waals surface area contributed by atoms with E-state index in [4.69, 9.17) is 0 Å². The average molecular weight is 242 g/mol. The summed E-state index contributed by atoms with van der Waals surface area (Å²) in [6, 6.07) is 2.39. The second-order valence-electron chi connectivity index (χ2n) is 5.47. The highest BCUT2D eigenvalue weighted by molar-refractivity contribution is 7.98. The van der Waals surface area contributed by atoms with Crippen molar-refractivity contribution in [2.24, 2.45) is 0 Å². The second-order valence-corrected chi connectivity index (χ2v) is 6.45. The molecule has 2 rings (SSSR count). The molecule has 2 saturated heterocycles. The van der Waals surface area contributed by atoms with Crippen LogP contribution in [-0.2, 0) is 0 Å². The lowest BCUT2D eigenvalue weighted by Crippen LogP contribution is -2.57. The normalized spacial score (nSPS) is 33.9. The first-order valence-electron chi connectivity index (χ1n) is 6.71. The molecule has 2 aliphatic rings. The van der Waals surface area contributed by atoms with Gasteiger partial charge in [-0.05, 0) is 51.7 Å². The summed E-state index contributed by atoms with van der Waals surface area (Å²) in [7, 11) is 0. The Hall–Kier alpha value is 0.270. The molecule has 16 heavy (non-hydrogen) atoms. The van der Waals surface area contributed by atoms with Crippen molar-refractivity contribution < 1.29 is 0 Å². The van der Waals surface area contributed by atoms with Gasteiger partial charge in [-0.15, -0.1) is 0 Å². The zero-order valence-electron chi connectivity index (χ0n) is 11.0. The number of hydrogen-bond donors (Lipinski definition) is 0. The molecule has 2 heterocycles. The van der Waals surface area contributed by atoms with Gasteiger partial charge in [-0.1, -0.05) is 0 Å². The molecular formula is C13H26N2S. The topological polar surface area (TPSA) is 6.48 Å². The molecule has 0 radical (unpaired) electrons. The van der Waals surface area contributed by atoms with Crippen LogP contribution in [0.3, 0.4) is 0 Å². The lowest BCUT2D eigenvalue weighted by Gasteiger charge is -2.45. The van der Waals surface area contributed by atoms with Gasteiger partial charge in [0.05, 0.1) is 0 Å². The Morgan fingerprint density at radius 2 is 2.19 bits per heavy atom. The lowest BCUT2D eigenvalue weighted by atomic mass is 10.0. The van der Waals surface area contributed by atoms with Crippen molar-refractivity contribution in [2.75, 3.05) is 31.6 Å². The van der Waals surface area contributed by atoms with Crippen LogP contribution in [0.1, 0.15) is 33.1 Å².